The van der Waals surface area contributed by atoms with Gasteiger partial charge in [0.1, 0.15) is 0 Å². The Morgan fingerprint density at radius 1 is 1.33 bits per heavy atom. The fraction of sp³-hybridized carbons (Fsp3) is 0.200. The standard InChI is InChI=1S/C10H8Cl2N2O/c1-5-7(11)4-3-6-8(5)13-10(12)14(2)9(6)15/h3-4H,1-2H3. The Labute approximate surface area is 96.3 Å². The lowest BCUT2D eigenvalue weighted by Crippen LogP contribution is -2.19. The average molecular weight is 243 g/mol. The van der Waals surface area contributed by atoms with Crippen molar-refractivity contribution < 1.29 is 0 Å². The van der Waals surface area contributed by atoms with Gasteiger partial charge in [-0.1, -0.05) is 11.6 Å². The van der Waals surface area contributed by atoms with E-state index in [1.165, 1.54) is 4.57 Å². The molecule has 0 aliphatic carbocycles. The van der Waals surface area contributed by atoms with E-state index in [-0.39, 0.29) is 10.8 Å². The van der Waals surface area contributed by atoms with Gasteiger partial charge in [-0.2, -0.15) is 0 Å². The predicted octanol–water partition coefficient (Wildman–Crippen LogP) is 2.55. The van der Waals surface area contributed by atoms with E-state index in [1.807, 2.05) is 6.92 Å². The fourth-order valence-corrected chi connectivity index (χ4v) is 1.74. The summed E-state index contributed by atoms with van der Waals surface area (Å²) in [5, 5.41) is 1.28. The topological polar surface area (TPSA) is 34.9 Å². The zero-order valence-electron chi connectivity index (χ0n) is 8.21. The van der Waals surface area contributed by atoms with Crippen LogP contribution in [0, 0.1) is 6.92 Å². The highest BCUT2D eigenvalue weighted by atomic mass is 35.5. The van der Waals surface area contributed by atoms with E-state index < -0.39 is 0 Å². The first-order valence-corrected chi connectivity index (χ1v) is 5.09. The second-order valence-electron chi connectivity index (χ2n) is 3.31. The van der Waals surface area contributed by atoms with Crippen LogP contribution in [0.4, 0.5) is 0 Å². The minimum atomic E-state index is -0.162. The number of benzene rings is 1. The average Bonchev–Trinajstić information content (AvgIpc) is 2.21. The van der Waals surface area contributed by atoms with Gasteiger partial charge in [0.25, 0.3) is 5.56 Å². The van der Waals surface area contributed by atoms with Crippen molar-refractivity contribution in [3.8, 4) is 0 Å². The summed E-state index contributed by atoms with van der Waals surface area (Å²) in [6.45, 7) is 1.81. The Kier molecular flexibility index (Phi) is 2.44. The van der Waals surface area contributed by atoms with Crippen molar-refractivity contribution in [1.29, 1.82) is 0 Å². The first-order valence-electron chi connectivity index (χ1n) is 4.33. The minimum absolute atomic E-state index is 0.162. The Morgan fingerprint density at radius 2 is 2.00 bits per heavy atom. The lowest BCUT2D eigenvalue weighted by atomic mass is 10.1. The highest BCUT2D eigenvalue weighted by molar-refractivity contribution is 6.32. The molecule has 0 fully saturated rings. The van der Waals surface area contributed by atoms with Crippen molar-refractivity contribution in [1.82, 2.24) is 9.55 Å². The molecule has 0 saturated carbocycles. The lowest BCUT2D eigenvalue weighted by Gasteiger charge is -2.06. The molecule has 2 rings (SSSR count). The van der Waals surface area contributed by atoms with Crippen LogP contribution in [0.25, 0.3) is 10.9 Å². The molecule has 15 heavy (non-hydrogen) atoms. The van der Waals surface area contributed by atoms with E-state index in [4.69, 9.17) is 23.2 Å². The van der Waals surface area contributed by atoms with Gasteiger partial charge in [0.15, 0.2) is 0 Å². The van der Waals surface area contributed by atoms with Gasteiger partial charge in [-0.3, -0.25) is 9.36 Å². The number of aromatic nitrogens is 2. The smallest absolute Gasteiger partial charge is 0.262 e. The predicted molar refractivity (Wildman–Crippen MR) is 61.7 cm³/mol. The number of nitrogens with zero attached hydrogens (tertiary/aromatic N) is 2. The molecule has 0 bridgehead atoms. The lowest BCUT2D eigenvalue weighted by molar-refractivity contribution is 0.843. The molecule has 3 nitrogen and oxygen atoms in total. The molecule has 0 spiro atoms. The summed E-state index contributed by atoms with van der Waals surface area (Å²) in [7, 11) is 1.58. The van der Waals surface area contributed by atoms with Crippen LogP contribution in [0.1, 0.15) is 5.56 Å². The first kappa shape index (κ1) is 10.5. The van der Waals surface area contributed by atoms with Crippen LogP contribution in [-0.4, -0.2) is 9.55 Å². The molecule has 0 radical (unpaired) electrons. The molecule has 0 saturated heterocycles. The number of hydrogen-bond acceptors (Lipinski definition) is 2. The van der Waals surface area contributed by atoms with E-state index in [0.717, 1.165) is 5.56 Å². The zero-order valence-corrected chi connectivity index (χ0v) is 9.73. The minimum Gasteiger partial charge on any atom is -0.286 e. The Hall–Kier alpha value is -1.06. The van der Waals surface area contributed by atoms with Crippen molar-refractivity contribution in [2.75, 3.05) is 0 Å². The van der Waals surface area contributed by atoms with Gasteiger partial charge in [0, 0.05) is 12.1 Å². The SMILES string of the molecule is Cc1c(Cl)ccc2c(=O)n(C)c(Cl)nc12. The third kappa shape index (κ3) is 1.52. The van der Waals surface area contributed by atoms with Gasteiger partial charge in [0.2, 0.25) is 5.28 Å². The van der Waals surface area contributed by atoms with Gasteiger partial charge in [-0.05, 0) is 36.2 Å². The molecule has 0 aliphatic rings. The molecule has 0 atom stereocenters. The quantitative estimate of drug-likeness (QED) is 0.666. The normalized spacial score (nSPS) is 10.9. The van der Waals surface area contributed by atoms with E-state index in [1.54, 1.807) is 19.2 Å². The molecule has 0 amide bonds. The second kappa shape index (κ2) is 3.51. The van der Waals surface area contributed by atoms with Gasteiger partial charge in [-0.15, -0.1) is 0 Å². The van der Waals surface area contributed by atoms with Gasteiger partial charge < -0.3 is 0 Å². The second-order valence-corrected chi connectivity index (χ2v) is 4.06. The van der Waals surface area contributed by atoms with Crippen molar-refractivity contribution in [2.45, 2.75) is 6.92 Å². The summed E-state index contributed by atoms with van der Waals surface area (Å²) < 4.78 is 1.30. The van der Waals surface area contributed by atoms with Gasteiger partial charge >= 0.3 is 0 Å². The Morgan fingerprint density at radius 3 is 2.67 bits per heavy atom. The summed E-state index contributed by atoms with van der Waals surface area (Å²) in [5.74, 6) is 0. The molecule has 1 heterocycles. The maximum Gasteiger partial charge on any atom is 0.262 e. The van der Waals surface area contributed by atoms with Crippen molar-refractivity contribution >= 4 is 34.1 Å². The molecule has 1 aromatic heterocycles. The van der Waals surface area contributed by atoms with E-state index in [9.17, 15) is 4.79 Å². The zero-order chi connectivity index (χ0) is 11.2. The van der Waals surface area contributed by atoms with E-state index >= 15 is 0 Å². The molecule has 1 aromatic carbocycles. The van der Waals surface area contributed by atoms with Crippen molar-refractivity contribution in [3.63, 3.8) is 0 Å². The Bertz CT molecular complexity index is 604. The monoisotopic (exact) mass is 242 g/mol. The van der Waals surface area contributed by atoms with E-state index in [0.29, 0.717) is 15.9 Å². The molecule has 0 unspecified atom stereocenters. The molecule has 2 aromatic rings. The van der Waals surface area contributed by atoms with Crippen LogP contribution in [0.3, 0.4) is 0 Å². The van der Waals surface area contributed by atoms with Gasteiger partial charge in [0.05, 0.1) is 10.9 Å². The number of hydrogen-bond donors (Lipinski definition) is 0. The van der Waals surface area contributed by atoms with Crippen LogP contribution < -0.4 is 5.56 Å². The third-order valence-corrected chi connectivity index (χ3v) is 3.13. The molecule has 78 valence electrons. The van der Waals surface area contributed by atoms with Crippen molar-refractivity contribution in [2.24, 2.45) is 7.05 Å². The summed E-state index contributed by atoms with van der Waals surface area (Å²) >= 11 is 11.8. The number of aryl methyl sites for hydroxylation is 1. The van der Waals surface area contributed by atoms with Crippen LogP contribution in [0.15, 0.2) is 16.9 Å². The summed E-state index contributed by atoms with van der Waals surface area (Å²) in [4.78, 5) is 15.9. The molecular weight excluding hydrogens is 235 g/mol. The van der Waals surface area contributed by atoms with Crippen LogP contribution in [-0.2, 0) is 7.05 Å². The maximum atomic E-state index is 11.8. The molecule has 0 aliphatic heterocycles. The van der Waals surface area contributed by atoms with Crippen LogP contribution in [0.5, 0.6) is 0 Å². The maximum absolute atomic E-state index is 11.8. The summed E-state index contributed by atoms with van der Waals surface area (Å²) in [6.07, 6.45) is 0. The molecule has 0 N–H and O–H groups in total. The fourth-order valence-electron chi connectivity index (χ4n) is 1.42. The highest BCUT2D eigenvalue weighted by Gasteiger charge is 2.09. The molecule has 5 heteroatoms. The third-order valence-electron chi connectivity index (χ3n) is 2.38. The number of halogens is 2. The number of rotatable bonds is 0. The largest absolute Gasteiger partial charge is 0.286 e. The number of fused-ring (bicyclic) bond motifs is 1. The first-order chi connectivity index (χ1) is 7.02. The van der Waals surface area contributed by atoms with E-state index in [2.05, 4.69) is 4.98 Å². The molecular formula is C10H8Cl2N2O. The summed E-state index contributed by atoms with van der Waals surface area (Å²) in [5.41, 5.74) is 1.18. The van der Waals surface area contributed by atoms with Crippen molar-refractivity contribution in [3.05, 3.63) is 38.4 Å². The van der Waals surface area contributed by atoms with Gasteiger partial charge in [-0.25, -0.2) is 4.98 Å². The Balaban J connectivity index is 3.06. The van der Waals surface area contributed by atoms with Crippen LogP contribution >= 0.6 is 23.2 Å². The van der Waals surface area contributed by atoms with Crippen LogP contribution in [0.2, 0.25) is 10.3 Å². The highest BCUT2D eigenvalue weighted by Crippen LogP contribution is 2.22. The summed E-state index contributed by atoms with van der Waals surface area (Å²) in [6, 6.07) is 3.35.